The summed E-state index contributed by atoms with van der Waals surface area (Å²) in [6.45, 7) is 2.46. The Morgan fingerprint density at radius 1 is 1.25 bits per heavy atom. The van der Waals surface area contributed by atoms with Gasteiger partial charge >= 0.3 is 5.97 Å². The molecule has 0 aliphatic heterocycles. The second-order valence-corrected chi connectivity index (χ2v) is 6.25. The van der Waals surface area contributed by atoms with E-state index in [1.165, 1.54) is 0 Å². The highest BCUT2D eigenvalue weighted by Crippen LogP contribution is 2.37. The van der Waals surface area contributed by atoms with Gasteiger partial charge in [0.05, 0.1) is 22.2 Å². The van der Waals surface area contributed by atoms with Crippen LogP contribution in [0.15, 0.2) is 42.5 Å². The van der Waals surface area contributed by atoms with E-state index in [1.54, 1.807) is 41.3 Å². The van der Waals surface area contributed by atoms with Gasteiger partial charge in [-0.05, 0) is 55.2 Å². The predicted octanol–water partition coefficient (Wildman–Crippen LogP) is 4.19. The van der Waals surface area contributed by atoms with Gasteiger partial charge in [-0.2, -0.15) is 0 Å². The number of hydrogen-bond acceptors (Lipinski definition) is 2. The molecule has 1 N–H and O–H groups in total. The first kappa shape index (κ1) is 16.5. The van der Waals surface area contributed by atoms with Gasteiger partial charge in [-0.25, -0.2) is 4.79 Å². The summed E-state index contributed by atoms with van der Waals surface area (Å²) in [7, 11) is 0. The van der Waals surface area contributed by atoms with E-state index in [0.29, 0.717) is 17.1 Å². The molecule has 5 heteroatoms. The van der Waals surface area contributed by atoms with Gasteiger partial charge in [0.2, 0.25) is 0 Å². The van der Waals surface area contributed by atoms with Crippen LogP contribution in [-0.4, -0.2) is 28.4 Å². The zero-order valence-electron chi connectivity index (χ0n) is 13.3. The Morgan fingerprint density at radius 3 is 2.67 bits per heavy atom. The van der Waals surface area contributed by atoms with Crippen LogP contribution in [0.4, 0.5) is 0 Å². The Labute approximate surface area is 145 Å². The minimum absolute atomic E-state index is 0.118. The molecule has 1 aliphatic rings. The minimum Gasteiger partial charge on any atom is -0.478 e. The van der Waals surface area contributed by atoms with Gasteiger partial charge in [0.1, 0.15) is 0 Å². The third-order valence-electron chi connectivity index (χ3n) is 4.52. The molecule has 0 aromatic heterocycles. The number of fused-ring (bicyclic) bond motifs is 1. The van der Waals surface area contributed by atoms with Crippen molar-refractivity contribution in [3.8, 4) is 0 Å². The minimum atomic E-state index is -0.955. The summed E-state index contributed by atoms with van der Waals surface area (Å²) in [5.41, 5.74) is 2.76. The van der Waals surface area contributed by atoms with E-state index in [9.17, 15) is 14.7 Å². The van der Waals surface area contributed by atoms with Crippen LogP contribution < -0.4 is 0 Å². The molecular weight excluding hydrogens is 326 g/mol. The van der Waals surface area contributed by atoms with Gasteiger partial charge in [0.15, 0.2) is 0 Å². The number of aromatic carboxylic acids is 1. The monoisotopic (exact) mass is 343 g/mol. The van der Waals surface area contributed by atoms with Crippen molar-refractivity contribution in [2.24, 2.45) is 0 Å². The summed E-state index contributed by atoms with van der Waals surface area (Å²) < 4.78 is 0. The fourth-order valence-corrected chi connectivity index (χ4v) is 3.55. The molecular formula is C19H18ClNO3. The Bertz CT molecular complexity index is 803. The maximum Gasteiger partial charge on any atom is 0.335 e. The van der Waals surface area contributed by atoms with Gasteiger partial charge in [-0.1, -0.05) is 29.8 Å². The summed E-state index contributed by atoms with van der Waals surface area (Å²) in [5, 5.41) is 9.65. The summed E-state index contributed by atoms with van der Waals surface area (Å²) in [4.78, 5) is 26.0. The molecule has 0 radical (unpaired) electrons. The number of hydrogen-bond donors (Lipinski definition) is 1. The SMILES string of the molecule is CCN(C(=O)c1ccccc1Cl)[C@@H]1CCc2ccc(C(=O)O)cc21. The maximum atomic E-state index is 12.9. The summed E-state index contributed by atoms with van der Waals surface area (Å²) in [6.07, 6.45) is 1.63. The second kappa shape index (κ2) is 6.65. The lowest BCUT2D eigenvalue weighted by Gasteiger charge is -2.29. The zero-order chi connectivity index (χ0) is 17.3. The number of aryl methyl sites for hydroxylation is 1. The molecule has 1 amide bonds. The van der Waals surface area contributed by atoms with Crippen molar-refractivity contribution >= 4 is 23.5 Å². The van der Waals surface area contributed by atoms with Gasteiger partial charge in [-0.15, -0.1) is 0 Å². The van der Waals surface area contributed by atoms with E-state index < -0.39 is 5.97 Å². The molecule has 0 heterocycles. The lowest BCUT2D eigenvalue weighted by Crippen LogP contribution is -2.34. The Hall–Kier alpha value is -2.33. The van der Waals surface area contributed by atoms with E-state index in [1.807, 2.05) is 13.0 Å². The fourth-order valence-electron chi connectivity index (χ4n) is 3.33. The first-order valence-corrected chi connectivity index (χ1v) is 8.32. The van der Waals surface area contributed by atoms with Crippen LogP contribution in [0.1, 0.15) is 51.2 Å². The number of carbonyl (C=O) groups excluding carboxylic acids is 1. The van der Waals surface area contributed by atoms with Crippen molar-refractivity contribution in [2.75, 3.05) is 6.54 Å². The van der Waals surface area contributed by atoms with Crippen molar-refractivity contribution in [1.82, 2.24) is 4.90 Å². The average Bonchev–Trinajstić information content (AvgIpc) is 2.99. The molecule has 0 spiro atoms. The van der Waals surface area contributed by atoms with Crippen molar-refractivity contribution < 1.29 is 14.7 Å². The lowest BCUT2D eigenvalue weighted by molar-refractivity contribution is 0.0687. The second-order valence-electron chi connectivity index (χ2n) is 5.84. The number of carboxylic acids is 1. The Kier molecular flexibility index (Phi) is 4.58. The molecule has 0 fully saturated rings. The lowest BCUT2D eigenvalue weighted by atomic mass is 10.0. The number of benzene rings is 2. The summed E-state index contributed by atoms with van der Waals surface area (Å²) >= 11 is 6.17. The largest absolute Gasteiger partial charge is 0.478 e. The molecule has 1 atom stereocenters. The van der Waals surface area contributed by atoms with E-state index in [4.69, 9.17) is 11.6 Å². The van der Waals surface area contributed by atoms with Gasteiger partial charge in [-0.3, -0.25) is 4.79 Å². The van der Waals surface area contributed by atoms with E-state index in [0.717, 1.165) is 24.0 Å². The molecule has 1 aliphatic carbocycles. The molecule has 2 aromatic carbocycles. The first-order valence-electron chi connectivity index (χ1n) is 7.94. The van der Waals surface area contributed by atoms with Crippen molar-refractivity contribution in [3.63, 3.8) is 0 Å². The number of nitrogens with zero attached hydrogens (tertiary/aromatic N) is 1. The topological polar surface area (TPSA) is 57.6 Å². The highest BCUT2D eigenvalue weighted by Gasteiger charge is 2.31. The molecule has 0 unspecified atom stereocenters. The highest BCUT2D eigenvalue weighted by molar-refractivity contribution is 6.33. The normalized spacial score (nSPS) is 15.8. The predicted molar refractivity (Wildman–Crippen MR) is 92.6 cm³/mol. The molecule has 4 nitrogen and oxygen atoms in total. The molecule has 0 saturated carbocycles. The Morgan fingerprint density at radius 2 is 2.00 bits per heavy atom. The number of carbonyl (C=O) groups is 2. The smallest absolute Gasteiger partial charge is 0.335 e. The first-order chi connectivity index (χ1) is 11.5. The van der Waals surface area contributed by atoms with Crippen LogP contribution >= 0.6 is 11.6 Å². The molecule has 3 rings (SSSR count). The van der Waals surface area contributed by atoms with Crippen LogP contribution in [-0.2, 0) is 6.42 Å². The van der Waals surface area contributed by atoms with Gasteiger partial charge in [0, 0.05) is 6.54 Å². The molecule has 0 bridgehead atoms. The zero-order valence-corrected chi connectivity index (χ0v) is 14.1. The fraction of sp³-hybridized carbons (Fsp3) is 0.263. The maximum absolute atomic E-state index is 12.9. The van der Waals surface area contributed by atoms with E-state index >= 15 is 0 Å². The quantitative estimate of drug-likeness (QED) is 0.905. The number of amides is 1. The highest BCUT2D eigenvalue weighted by atomic mass is 35.5. The molecule has 124 valence electrons. The standard InChI is InChI=1S/C19H18ClNO3/c1-2-21(18(22)14-5-3-4-6-16(14)20)17-10-9-12-7-8-13(19(23)24)11-15(12)17/h3-8,11,17H,2,9-10H2,1H3,(H,23,24)/t17-/m1/s1. The van der Waals surface area contributed by atoms with Crippen LogP contribution in [0.25, 0.3) is 0 Å². The number of halogens is 1. The van der Waals surface area contributed by atoms with E-state index in [2.05, 4.69) is 0 Å². The van der Waals surface area contributed by atoms with Gasteiger partial charge in [0.25, 0.3) is 5.91 Å². The summed E-state index contributed by atoms with van der Waals surface area (Å²) in [5.74, 6) is -1.08. The van der Waals surface area contributed by atoms with Crippen molar-refractivity contribution in [3.05, 3.63) is 69.7 Å². The molecule has 0 saturated heterocycles. The summed E-state index contributed by atoms with van der Waals surface area (Å²) in [6, 6.07) is 12.1. The van der Waals surface area contributed by atoms with Crippen molar-refractivity contribution in [1.29, 1.82) is 0 Å². The number of rotatable bonds is 4. The van der Waals surface area contributed by atoms with Crippen LogP contribution in [0, 0.1) is 0 Å². The van der Waals surface area contributed by atoms with Crippen molar-refractivity contribution in [2.45, 2.75) is 25.8 Å². The van der Waals surface area contributed by atoms with E-state index in [-0.39, 0.29) is 17.5 Å². The van der Waals surface area contributed by atoms with Crippen LogP contribution in [0.5, 0.6) is 0 Å². The van der Waals surface area contributed by atoms with Crippen LogP contribution in [0.2, 0.25) is 5.02 Å². The molecule has 24 heavy (non-hydrogen) atoms. The molecule has 2 aromatic rings. The third kappa shape index (κ3) is 2.89. The third-order valence-corrected chi connectivity index (χ3v) is 4.85. The van der Waals surface area contributed by atoms with Gasteiger partial charge < -0.3 is 10.0 Å². The average molecular weight is 344 g/mol. The Balaban J connectivity index is 1.97. The van der Waals surface area contributed by atoms with Crippen LogP contribution in [0.3, 0.4) is 0 Å². The number of carboxylic acid groups (broad SMARTS) is 1.